The summed E-state index contributed by atoms with van der Waals surface area (Å²) >= 11 is 4.02. The Labute approximate surface area is 68.3 Å². The zero-order valence-corrected chi connectivity index (χ0v) is 6.36. The molecule has 0 aromatic heterocycles. The number of aliphatic imine (C=N–C) groups is 4. The first-order valence-electron chi connectivity index (χ1n) is 2.97. The second-order valence-electron chi connectivity index (χ2n) is 2.04. The van der Waals surface area contributed by atoms with Crippen LogP contribution in [-0.2, 0) is 0 Å². The minimum absolute atomic E-state index is 0.354. The van der Waals surface area contributed by atoms with Crippen LogP contribution in [0, 0.1) is 0 Å². The van der Waals surface area contributed by atoms with E-state index in [2.05, 4.69) is 32.6 Å². The van der Waals surface area contributed by atoms with Crippen molar-refractivity contribution < 1.29 is 0 Å². The van der Waals surface area contributed by atoms with E-state index in [1.165, 1.54) is 6.34 Å². The molecular weight excluding hydrogens is 162 g/mol. The molecule has 6 heteroatoms. The Morgan fingerprint density at radius 3 is 3.09 bits per heavy atom. The van der Waals surface area contributed by atoms with Crippen LogP contribution in [0.25, 0.3) is 0 Å². The smallest absolute Gasteiger partial charge is 0.188 e. The van der Waals surface area contributed by atoms with Crippen LogP contribution < -0.4 is 5.73 Å². The molecule has 0 bridgehead atoms. The molecule has 0 radical (unpaired) electrons. The first-order valence-corrected chi connectivity index (χ1v) is 3.49. The molecule has 0 aliphatic carbocycles. The van der Waals surface area contributed by atoms with E-state index in [1.807, 2.05) is 0 Å². The van der Waals surface area contributed by atoms with Crippen molar-refractivity contribution in [1.82, 2.24) is 0 Å². The lowest BCUT2D eigenvalue weighted by Gasteiger charge is -2.09. The molecule has 0 aromatic carbocycles. The normalized spacial score (nSPS) is 27.4. The zero-order valence-electron chi connectivity index (χ0n) is 5.47. The summed E-state index contributed by atoms with van der Waals surface area (Å²) in [4.78, 5) is 15.6. The van der Waals surface area contributed by atoms with Gasteiger partial charge in [0.2, 0.25) is 0 Å². The Kier molecular flexibility index (Phi) is 1.28. The van der Waals surface area contributed by atoms with E-state index >= 15 is 0 Å². The molecule has 0 fully saturated rings. The predicted molar refractivity (Wildman–Crippen MR) is 47.8 cm³/mol. The minimum atomic E-state index is -0.431. The van der Waals surface area contributed by atoms with E-state index < -0.39 is 5.50 Å². The Hall–Kier alpha value is -1.17. The molecule has 2 N–H and O–H groups in total. The molecule has 0 saturated carbocycles. The second kappa shape index (κ2) is 2.16. The summed E-state index contributed by atoms with van der Waals surface area (Å²) in [5, 5.41) is 0. The van der Waals surface area contributed by atoms with Crippen LogP contribution in [0.2, 0.25) is 0 Å². The van der Waals surface area contributed by atoms with Gasteiger partial charge in [0.25, 0.3) is 0 Å². The molecule has 56 valence electrons. The van der Waals surface area contributed by atoms with Gasteiger partial charge in [0.15, 0.2) is 22.9 Å². The van der Waals surface area contributed by atoms with E-state index in [0.717, 1.165) is 0 Å². The van der Waals surface area contributed by atoms with Gasteiger partial charge >= 0.3 is 0 Å². The van der Waals surface area contributed by atoms with Crippen LogP contribution in [0.15, 0.2) is 20.0 Å². The molecule has 2 aliphatic heterocycles. The number of nitrogens with zero attached hydrogens (tertiary/aromatic N) is 4. The lowest BCUT2D eigenvalue weighted by molar-refractivity contribution is 0.989. The number of hydrogen-bond acceptors (Lipinski definition) is 6. The maximum absolute atomic E-state index is 5.52. The van der Waals surface area contributed by atoms with Gasteiger partial charge in [-0.1, -0.05) is 0 Å². The number of nitrogens with two attached hydrogens (primary N) is 1. The highest BCUT2D eigenvalue weighted by atomic mass is 32.1. The highest BCUT2D eigenvalue weighted by molar-refractivity contribution is 7.80. The van der Waals surface area contributed by atoms with E-state index in [1.54, 1.807) is 0 Å². The van der Waals surface area contributed by atoms with Gasteiger partial charge in [0.05, 0.1) is 0 Å². The van der Waals surface area contributed by atoms with E-state index in [0.29, 0.717) is 17.4 Å². The van der Waals surface area contributed by atoms with Crippen LogP contribution in [0.4, 0.5) is 0 Å². The second-order valence-corrected chi connectivity index (χ2v) is 2.50. The SMILES string of the molecule is NC1=NC(S)N=C2N=CN=C12. The predicted octanol–water partition coefficient (Wildman–Crippen LogP) is -0.548. The van der Waals surface area contributed by atoms with Crippen molar-refractivity contribution in [2.24, 2.45) is 25.7 Å². The van der Waals surface area contributed by atoms with Gasteiger partial charge in [-0.3, -0.25) is 0 Å². The number of amidine groups is 2. The molecule has 1 atom stereocenters. The molecular formula is C5H5N5S. The van der Waals surface area contributed by atoms with Crippen molar-refractivity contribution >= 4 is 36.4 Å². The van der Waals surface area contributed by atoms with Crippen molar-refractivity contribution in [3.8, 4) is 0 Å². The monoisotopic (exact) mass is 167 g/mol. The van der Waals surface area contributed by atoms with Crippen LogP contribution >= 0.6 is 12.6 Å². The molecule has 2 rings (SSSR count). The average molecular weight is 167 g/mol. The maximum Gasteiger partial charge on any atom is 0.188 e. The molecule has 0 aromatic rings. The third kappa shape index (κ3) is 0.949. The van der Waals surface area contributed by atoms with Gasteiger partial charge in [-0.25, -0.2) is 20.0 Å². The van der Waals surface area contributed by atoms with Crippen molar-refractivity contribution in [2.45, 2.75) is 5.50 Å². The van der Waals surface area contributed by atoms with Gasteiger partial charge in [-0.05, 0) is 0 Å². The highest BCUT2D eigenvalue weighted by Crippen LogP contribution is 2.09. The molecule has 0 saturated heterocycles. The maximum atomic E-state index is 5.52. The molecule has 11 heavy (non-hydrogen) atoms. The Morgan fingerprint density at radius 1 is 1.45 bits per heavy atom. The van der Waals surface area contributed by atoms with Gasteiger partial charge in [-0.15, -0.1) is 12.6 Å². The van der Waals surface area contributed by atoms with Crippen molar-refractivity contribution in [1.29, 1.82) is 0 Å². The van der Waals surface area contributed by atoms with Gasteiger partial charge < -0.3 is 5.73 Å². The number of rotatable bonds is 0. The third-order valence-corrected chi connectivity index (χ3v) is 1.54. The summed E-state index contributed by atoms with van der Waals surface area (Å²) in [6.07, 6.45) is 1.41. The summed E-state index contributed by atoms with van der Waals surface area (Å²) in [6.45, 7) is 0. The first-order chi connectivity index (χ1) is 5.27. The van der Waals surface area contributed by atoms with Crippen molar-refractivity contribution in [2.75, 3.05) is 0 Å². The Bertz CT molecular complexity index is 313. The molecule has 0 spiro atoms. The lowest BCUT2D eigenvalue weighted by Crippen LogP contribution is -2.33. The summed E-state index contributed by atoms with van der Waals surface area (Å²) in [5.74, 6) is 0.880. The van der Waals surface area contributed by atoms with Gasteiger partial charge in [0.1, 0.15) is 6.34 Å². The average Bonchev–Trinajstić information content (AvgIpc) is 2.34. The lowest BCUT2D eigenvalue weighted by atomic mass is 10.3. The largest absolute Gasteiger partial charge is 0.382 e. The summed E-state index contributed by atoms with van der Waals surface area (Å²) in [7, 11) is 0. The van der Waals surface area contributed by atoms with E-state index in [4.69, 9.17) is 5.73 Å². The zero-order chi connectivity index (χ0) is 7.84. The fraction of sp³-hybridized carbons (Fsp3) is 0.200. The summed E-state index contributed by atoms with van der Waals surface area (Å²) in [5.41, 5.74) is 5.64. The summed E-state index contributed by atoms with van der Waals surface area (Å²) in [6, 6.07) is 0. The molecule has 1 unspecified atom stereocenters. The van der Waals surface area contributed by atoms with Gasteiger partial charge in [0, 0.05) is 0 Å². The molecule has 5 nitrogen and oxygen atoms in total. The Balaban J connectivity index is 2.46. The number of fused-ring (bicyclic) bond motifs is 1. The first kappa shape index (κ1) is 6.53. The topological polar surface area (TPSA) is 75.5 Å². The van der Waals surface area contributed by atoms with Crippen LogP contribution in [0.5, 0.6) is 0 Å². The minimum Gasteiger partial charge on any atom is -0.382 e. The number of thiol groups is 1. The standard InChI is InChI=1S/C5H5N5S/c6-3-2-4(8-1-7-2)10-5(11)9-3/h1,5,11H,(H2,6,9). The quantitative estimate of drug-likeness (QED) is 0.467. The number of hydrogen-bond donors (Lipinski definition) is 2. The van der Waals surface area contributed by atoms with Crippen LogP contribution in [0.1, 0.15) is 0 Å². The van der Waals surface area contributed by atoms with Crippen molar-refractivity contribution in [3.63, 3.8) is 0 Å². The van der Waals surface area contributed by atoms with E-state index in [9.17, 15) is 0 Å². The molecule has 2 aliphatic rings. The molecule has 0 amide bonds. The van der Waals surface area contributed by atoms with Crippen LogP contribution in [0.3, 0.4) is 0 Å². The Morgan fingerprint density at radius 2 is 2.27 bits per heavy atom. The van der Waals surface area contributed by atoms with Crippen LogP contribution in [-0.4, -0.2) is 29.2 Å². The third-order valence-electron chi connectivity index (χ3n) is 1.31. The van der Waals surface area contributed by atoms with Gasteiger partial charge in [-0.2, -0.15) is 0 Å². The summed E-state index contributed by atoms with van der Waals surface area (Å²) < 4.78 is 0. The van der Waals surface area contributed by atoms with E-state index in [-0.39, 0.29) is 0 Å². The van der Waals surface area contributed by atoms with Crippen molar-refractivity contribution in [3.05, 3.63) is 0 Å². The molecule has 2 heterocycles. The fourth-order valence-electron chi connectivity index (χ4n) is 0.859. The highest BCUT2D eigenvalue weighted by Gasteiger charge is 2.21. The fourth-order valence-corrected chi connectivity index (χ4v) is 1.09.